The maximum atomic E-state index is 11.0. The minimum atomic E-state index is 0.434. The Balaban J connectivity index is 2.52. The lowest BCUT2D eigenvalue weighted by Crippen LogP contribution is -2.39. The second-order valence-corrected chi connectivity index (χ2v) is 4.65. The van der Waals surface area contributed by atoms with Crippen LogP contribution in [0.15, 0.2) is 0 Å². The molecule has 1 heterocycles. The molecule has 0 unspecified atom stereocenters. The second-order valence-electron chi connectivity index (χ2n) is 4.65. The van der Waals surface area contributed by atoms with Gasteiger partial charge in [-0.05, 0) is 0 Å². The van der Waals surface area contributed by atoms with E-state index in [4.69, 9.17) is 9.47 Å². The number of carbonyl (C=O) groups is 3. The first-order valence-electron chi connectivity index (χ1n) is 7.03. The summed E-state index contributed by atoms with van der Waals surface area (Å²) in [5.41, 5.74) is 0. The summed E-state index contributed by atoms with van der Waals surface area (Å²) >= 11 is 0. The first-order valence-corrected chi connectivity index (χ1v) is 7.03. The minimum Gasteiger partial charge on any atom is -0.377 e. The van der Waals surface area contributed by atoms with Gasteiger partial charge >= 0.3 is 0 Å². The Hall–Kier alpha value is -1.67. The van der Waals surface area contributed by atoms with Crippen molar-refractivity contribution >= 4 is 19.2 Å². The molecule has 1 aliphatic heterocycles. The van der Waals surface area contributed by atoms with Crippen LogP contribution in [-0.2, 0) is 23.9 Å². The van der Waals surface area contributed by atoms with Crippen LogP contribution in [0.25, 0.3) is 0 Å². The van der Waals surface area contributed by atoms with Gasteiger partial charge in [0.15, 0.2) is 0 Å². The van der Waals surface area contributed by atoms with E-state index in [1.807, 2.05) is 0 Å². The van der Waals surface area contributed by atoms with Crippen molar-refractivity contribution in [3.8, 4) is 0 Å². The average molecular weight is 301 g/mol. The van der Waals surface area contributed by atoms with Gasteiger partial charge in [0.2, 0.25) is 19.2 Å². The van der Waals surface area contributed by atoms with Crippen molar-refractivity contribution in [3.05, 3.63) is 0 Å². The zero-order chi connectivity index (χ0) is 15.3. The highest BCUT2D eigenvalue weighted by Crippen LogP contribution is 1.93. The van der Waals surface area contributed by atoms with Gasteiger partial charge < -0.3 is 24.2 Å². The first kappa shape index (κ1) is 17.4. The van der Waals surface area contributed by atoms with E-state index in [0.717, 1.165) is 19.2 Å². The molecular formula is C13H23N3O5. The highest BCUT2D eigenvalue weighted by atomic mass is 16.5. The summed E-state index contributed by atoms with van der Waals surface area (Å²) in [5.74, 6) is 0. The van der Waals surface area contributed by atoms with E-state index >= 15 is 0 Å². The summed E-state index contributed by atoms with van der Waals surface area (Å²) in [5, 5.41) is 0. The number of nitrogens with zero attached hydrogens (tertiary/aromatic N) is 3. The SMILES string of the molecule is O=CN1CCOCCOCCN(C=O)CCN(C=O)CC1. The molecule has 0 aromatic rings. The summed E-state index contributed by atoms with van der Waals surface area (Å²) in [4.78, 5) is 37.6. The highest BCUT2D eigenvalue weighted by Gasteiger charge is 2.09. The summed E-state index contributed by atoms with van der Waals surface area (Å²) < 4.78 is 10.7. The van der Waals surface area contributed by atoms with Crippen molar-refractivity contribution in [2.45, 2.75) is 0 Å². The predicted molar refractivity (Wildman–Crippen MR) is 74.5 cm³/mol. The molecule has 120 valence electrons. The van der Waals surface area contributed by atoms with Gasteiger partial charge in [-0.1, -0.05) is 0 Å². The average Bonchev–Trinajstić information content (AvgIpc) is 2.52. The fourth-order valence-electron chi connectivity index (χ4n) is 1.85. The fraction of sp³-hybridized carbons (Fsp3) is 0.769. The van der Waals surface area contributed by atoms with Crippen molar-refractivity contribution in [2.75, 3.05) is 65.7 Å². The standard InChI is InChI=1S/C13H23N3O5/c17-11-14-1-3-15(12-18)5-7-20-9-10-21-8-6-16(13-19)4-2-14/h11-13H,1-10H2. The molecule has 0 saturated carbocycles. The molecular weight excluding hydrogens is 278 g/mol. The maximum absolute atomic E-state index is 11.0. The summed E-state index contributed by atoms with van der Waals surface area (Å²) in [7, 11) is 0. The Kier molecular flexibility index (Phi) is 9.14. The van der Waals surface area contributed by atoms with Crippen LogP contribution in [0.5, 0.6) is 0 Å². The molecule has 0 aliphatic carbocycles. The van der Waals surface area contributed by atoms with Crippen LogP contribution in [-0.4, -0.2) is 99.6 Å². The Labute approximate surface area is 124 Å². The molecule has 1 aliphatic rings. The lowest BCUT2D eigenvalue weighted by molar-refractivity contribution is -0.123. The molecule has 0 N–H and O–H groups in total. The van der Waals surface area contributed by atoms with Crippen LogP contribution in [0.3, 0.4) is 0 Å². The van der Waals surface area contributed by atoms with Gasteiger partial charge in [0.05, 0.1) is 26.4 Å². The van der Waals surface area contributed by atoms with Crippen LogP contribution in [0.1, 0.15) is 0 Å². The number of ether oxygens (including phenoxy) is 2. The largest absolute Gasteiger partial charge is 0.377 e. The van der Waals surface area contributed by atoms with E-state index < -0.39 is 0 Å². The van der Waals surface area contributed by atoms with Crippen LogP contribution in [0, 0.1) is 0 Å². The third-order valence-electron chi connectivity index (χ3n) is 3.21. The van der Waals surface area contributed by atoms with E-state index in [1.165, 1.54) is 0 Å². The van der Waals surface area contributed by atoms with Crippen molar-refractivity contribution in [3.63, 3.8) is 0 Å². The zero-order valence-corrected chi connectivity index (χ0v) is 12.2. The molecule has 3 amide bonds. The summed E-state index contributed by atoms with van der Waals surface area (Å²) in [6.45, 7) is 4.51. The van der Waals surface area contributed by atoms with Crippen LogP contribution >= 0.6 is 0 Å². The van der Waals surface area contributed by atoms with Crippen molar-refractivity contribution in [1.29, 1.82) is 0 Å². The smallest absolute Gasteiger partial charge is 0.209 e. The molecule has 0 spiro atoms. The Morgan fingerprint density at radius 2 is 0.857 bits per heavy atom. The molecule has 21 heavy (non-hydrogen) atoms. The van der Waals surface area contributed by atoms with Crippen molar-refractivity contribution in [1.82, 2.24) is 14.7 Å². The number of amides is 3. The molecule has 0 radical (unpaired) electrons. The van der Waals surface area contributed by atoms with Gasteiger partial charge in [0.25, 0.3) is 0 Å². The predicted octanol–water partition coefficient (Wildman–Crippen LogP) is -1.59. The zero-order valence-electron chi connectivity index (χ0n) is 12.2. The molecule has 0 atom stereocenters. The second kappa shape index (κ2) is 11.0. The molecule has 0 aromatic heterocycles. The van der Waals surface area contributed by atoms with Crippen LogP contribution in [0.4, 0.5) is 0 Å². The highest BCUT2D eigenvalue weighted by molar-refractivity contribution is 5.49. The summed E-state index contributed by atoms with van der Waals surface area (Å²) in [6.07, 6.45) is 2.23. The quantitative estimate of drug-likeness (QED) is 0.587. The number of rotatable bonds is 3. The lowest BCUT2D eigenvalue weighted by atomic mass is 10.4. The van der Waals surface area contributed by atoms with E-state index in [-0.39, 0.29) is 0 Å². The van der Waals surface area contributed by atoms with Gasteiger partial charge in [-0.3, -0.25) is 14.4 Å². The third kappa shape index (κ3) is 7.62. The van der Waals surface area contributed by atoms with Gasteiger partial charge in [-0.25, -0.2) is 0 Å². The Morgan fingerprint density at radius 1 is 0.524 bits per heavy atom. The van der Waals surface area contributed by atoms with E-state index in [2.05, 4.69) is 0 Å². The van der Waals surface area contributed by atoms with Gasteiger partial charge in [0.1, 0.15) is 0 Å². The molecule has 8 heteroatoms. The van der Waals surface area contributed by atoms with E-state index in [1.54, 1.807) is 14.7 Å². The first-order chi connectivity index (χ1) is 10.3. The van der Waals surface area contributed by atoms with Gasteiger partial charge in [0, 0.05) is 39.3 Å². The van der Waals surface area contributed by atoms with Crippen LogP contribution < -0.4 is 0 Å². The Morgan fingerprint density at radius 3 is 1.19 bits per heavy atom. The van der Waals surface area contributed by atoms with E-state index in [9.17, 15) is 14.4 Å². The third-order valence-corrected chi connectivity index (χ3v) is 3.21. The van der Waals surface area contributed by atoms with Gasteiger partial charge in [-0.15, -0.1) is 0 Å². The Bertz CT molecular complexity index is 290. The normalized spacial score (nSPS) is 20.3. The minimum absolute atomic E-state index is 0.434. The topological polar surface area (TPSA) is 79.4 Å². The van der Waals surface area contributed by atoms with E-state index in [0.29, 0.717) is 65.7 Å². The van der Waals surface area contributed by atoms with Crippen LogP contribution in [0.2, 0.25) is 0 Å². The lowest BCUT2D eigenvalue weighted by Gasteiger charge is -2.24. The van der Waals surface area contributed by atoms with Crippen molar-refractivity contribution in [2.24, 2.45) is 0 Å². The van der Waals surface area contributed by atoms with Crippen molar-refractivity contribution < 1.29 is 23.9 Å². The number of hydrogen-bond donors (Lipinski definition) is 0. The molecule has 0 bridgehead atoms. The molecule has 1 saturated heterocycles. The maximum Gasteiger partial charge on any atom is 0.209 e. The number of carbonyl (C=O) groups excluding carboxylic acids is 3. The molecule has 0 aromatic carbocycles. The summed E-state index contributed by atoms with van der Waals surface area (Å²) in [6, 6.07) is 0. The molecule has 1 rings (SSSR count). The number of hydrogen-bond acceptors (Lipinski definition) is 5. The molecule has 8 nitrogen and oxygen atoms in total. The monoisotopic (exact) mass is 301 g/mol. The van der Waals surface area contributed by atoms with Gasteiger partial charge in [-0.2, -0.15) is 0 Å². The fourth-order valence-corrected chi connectivity index (χ4v) is 1.85. The molecule has 1 fully saturated rings.